The lowest BCUT2D eigenvalue weighted by Gasteiger charge is -2.36. The minimum atomic E-state index is 0.762. The zero-order valence-electron chi connectivity index (χ0n) is 12.5. The number of hydrogen-bond donors (Lipinski definition) is 1. The largest absolute Gasteiger partial charge is 0.313 e. The zero-order chi connectivity index (χ0) is 12.7. The molecule has 0 aromatic carbocycles. The molecule has 0 amide bonds. The standard InChI is InChI=1S/C16H33N/c1-5-7-14-8-10-15(11-9-14)16(13(3)4)17-12-6-2/h13-17H,5-12H2,1-4H3. The van der Waals surface area contributed by atoms with E-state index in [9.17, 15) is 0 Å². The van der Waals surface area contributed by atoms with Crippen molar-refractivity contribution < 1.29 is 0 Å². The van der Waals surface area contributed by atoms with Crippen LogP contribution in [0.2, 0.25) is 0 Å². The zero-order valence-corrected chi connectivity index (χ0v) is 12.5. The normalized spacial score (nSPS) is 27.4. The first-order chi connectivity index (χ1) is 8.19. The third kappa shape index (κ3) is 4.99. The van der Waals surface area contributed by atoms with Crippen LogP contribution in [-0.2, 0) is 0 Å². The maximum atomic E-state index is 3.79. The van der Waals surface area contributed by atoms with Gasteiger partial charge in [-0.1, -0.05) is 53.4 Å². The van der Waals surface area contributed by atoms with Crippen molar-refractivity contribution in [2.24, 2.45) is 17.8 Å². The van der Waals surface area contributed by atoms with Crippen LogP contribution in [0.5, 0.6) is 0 Å². The molecule has 1 unspecified atom stereocenters. The highest BCUT2D eigenvalue weighted by molar-refractivity contribution is 4.83. The molecule has 1 aliphatic rings. The van der Waals surface area contributed by atoms with Gasteiger partial charge >= 0.3 is 0 Å². The van der Waals surface area contributed by atoms with Gasteiger partial charge in [0.15, 0.2) is 0 Å². The summed E-state index contributed by atoms with van der Waals surface area (Å²) in [4.78, 5) is 0. The lowest BCUT2D eigenvalue weighted by Crippen LogP contribution is -2.42. The Balaban J connectivity index is 2.37. The summed E-state index contributed by atoms with van der Waals surface area (Å²) in [5.41, 5.74) is 0. The Morgan fingerprint density at radius 2 is 1.65 bits per heavy atom. The average Bonchev–Trinajstić information content (AvgIpc) is 2.31. The molecule has 102 valence electrons. The van der Waals surface area contributed by atoms with E-state index in [1.807, 2.05) is 0 Å². The van der Waals surface area contributed by atoms with Gasteiger partial charge in [-0.05, 0) is 43.6 Å². The molecule has 1 fully saturated rings. The van der Waals surface area contributed by atoms with E-state index in [4.69, 9.17) is 0 Å². The fraction of sp³-hybridized carbons (Fsp3) is 1.00. The molecule has 0 radical (unpaired) electrons. The molecule has 1 heteroatoms. The summed E-state index contributed by atoms with van der Waals surface area (Å²) < 4.78 is 0. The van der Waals surface area contributed by atoms with Crippen LogP contribution in [0.15, 0.2) is 0 Å². The van der Waals surface area contributed by atoms with Crippen molar-refractivity contribution in [1.82, 2.24) is 5.32 Å². The van der Waals surface area contributed by atoms with Crippen LogP contribution >= 0.6 is 0 Å². The lowest BCUT2D eigenvalue weighted by atomic mass is 9.74. The second-order valence-electron chi connectivity index (χ2n) is 6.29. The maximum Gasteiger partial charge on any atom is 0.0118 e. The summed E-state index contributed by atoms with van der Waals surface area (Å²) in [5.74, 6) is 2.76. The molecule has 0 aliphatic heterocycles. The maximum absolute atomic E-state index is 3.79. The van der Waals surface area contributed by atoms with Gasteiger partial charge in [0.05, 0.1) is 0 Å². The molecule has 0 aromatic rings. The average molecular weight is 239 g/mol. The minimum absolute atomic E-state index is 0.762. The second-order valence-corrected chi connectivity index (χ2v) is 6.29. The smallest absolute Gasteiger partial charge is 0.0118 e. The molecular formula is C16H33N. The lowest BCUT2D eigenvalue weighted by molar-refractivity contribution is 0.184. The van der Waals surface area contributed by atoms with Crippen LogP contribution in [0.1, 0.15) is 72.6 Å². The van der Waals surface area contributed by atoms with Crippen molar-refractivity contribution in [3.05, 3.63) is 0 Å². The molecule has 1 N–H and O–H groups in total. The van der Waals surface area contributed by atoms with Crippen LogP contribution in [0.25, 0.3) is 0 Å². The van der Waals surface area contributed by atoms with Crippen molar-refractivity contribution in [2.75, 3.05) is 6.54 Å². The molecule has 1 aliphatic carbocycles. The fourth-order valence-electron chi connectivity index (χ4n) is 3.50. The van der Waals surface area contributed by atoms with Gasteiger partial charge in [0.1, 0.15) is 0 Å². The van der Waals surface area contributed by atoms with Gasteiger partial charge in [-0.3, -0.25) is 0 Å². The molecule has 1 atom stereocenters. The van der Waals surface area contributed by atoms with Gasteiger partial charge < -0.3 is 5.32 Å². The van der Waals surface area contributed by atoms with Crippen LogP contribution in [0.3, 0.4) is 0 Å². The first-order valence-electron chi connectivity index (χ1n) is 7.92. The van der Waals surface area contributed by atoms with Gasteiger partial charge in [-0.2, -0.15) is 0 Å². The van der Waals surface area contributed by atoms with Crippen LogP contribution in [0, 0.1) is 17.8 Å². The predicted molar refractivity (Wildman–Crippen MR) is 77.3 cm³/mol. The Hall–Kier alpha value is -0.0400. The Bertz CT molecular complexity index is 180. The van der Waals surface area contributed by atoms with E-state index < -0.39 is 0 Å². The first-order valence-corrected chi connectivity index (χ1v) is 7.92. The summed E-state index contributed by atoms with van der Waals surface area (Å²) in [6.07, 6.45) is 9.98. The third-order valence-electron chi connectivity index (χ3n) is 4.44. The number of rotatable bonds is 7. The van der Waals surface area contributed by atoms with Gasteiger partial charge in [0.2, 0.25) is 0 Å². The van der Waals surface area contributed by atoms with Crippen molar-refractivity contribution >= 4 is 0 Å². The van der Waals surface area contributed by atoms with Gasteiger partial charge in [-0.25, -0.2) is 0 Å². The molecular weight excluding hydrogens is 206 g/mol. The van der Waals surface area contributed by atoms with Gasteiger partial charge in [-0.15, -0.1) is 0 Å². The molecule has 17 heavy (non-hydrogen) atoms. The molecule has 0 spiro atoms. The van der Waals surface area contributed by atoms with E-state index in [0.717, 1.165) is 23.8 Å². The Kier molecular flexibility index (Phi) is 7.18. The van der Waals surface area contributed by atoms with Gasteiger partial charge in [0, 0.05) is 6.04 Å². The van der Waals surface area contributed by atoms with E-state index in [1.54, 1.807) is 0 Å². The number of nitrogens with one attached hydrogen (secondary N) is 1. The summed E-state index contributed by atoms with van der Waals surface area (Å²) in [6, 6.07) is 0.762. The van der Waals surface area contributed by atoms with Crippen molar-refractivity contribution in [3.8, 4) is 0 Å². The molecule has 1 rings (SSSR count). The molecule has 0 bridgehead atoms. The Labute approximate surface area is 109 Å². The van der Waals surface area contributed by atoms with Crippen molar-refractivity contribution in [1.29, 1.82) is 0 Å². The predicted octanol–water partition coefficient (Wildman–Crippen LogP) is 4.62. The van der Waals surface area contributed by atoms with Crippen LogP contribution < -0.4 is 5.32 Å². The summed E-state index contributed by atoms with van der Waals surface area (Å²) in [7, 11) is 0. The summed E-state index contributed by atoms with van der Waals surface area (Å²) in [6.45, 7) is 10.5. The van der Waals surface area contributed by atoms with Crippen molar-refractivity contribution in [2.45, 2.75) is 78.7 Å². The summed E-state index contributed by atoms with van der Waals surface area (Å²) in [5, 5.41) is 3.79. The van der Waals surface area contributed by atoms with E-state index in [1.165, 1.54) is 51.5 Å². The highest BCUT2D eigenvalue weighted by Gasteiger charge is 2.28. The second kappa shape index (κ2) is 8.13. The highest BCUT2D eigenvalue weighted by Crippen LogP contribution is 2.34. The molecule has 0 aromatic heterocycles. The Morgan fingerprint density at radius 1 is 1.00 bits per heavy atom. The summed E-state index contributed by atoms with van der Waals surface area (Å²) >= 11 is 0. The first kappa shape index (κ1) is 15.0. The van der Waals surface area contributed by atoms with Crippen LogP contribution in [-0.4, -0.2) is 12.6 Å². The molecule has 1 saturated carbocycles. The minimum Gasteiger partial charge on any atom is -0.313 e. The molecule has 0 saturated heterocycles. The van der Waals surface area contributed by atoms with E-state index in [2.05, 4.69) is 33.0 Å². The quantitative estimate of drug-likeness (QED) is 0.683. The topological polar surface area (TPSA) is 12.0 Å². The van der Waals surface area contributed by atoms with Crippen LogP contribution in [0.4, 0.5) is 0 Å². The highest BCUT2D eigenvalue weighted by atomic mass is 14.9. The number of hydrogen-bond acceptors (Lipinski definition) is 1. The van der Waals surface area contributed by atoms with E-state index in [0.29, 0.717) is 0 Å². The third-order valence-corrected chi connectivity index (χ3v) is 4.44. The Morgan fingerprint density at radius 3 is 2.12 bits per heavy atom. The molecule has 1 nitrogen and oxygen atoms in total. The van der Waals surface area contributed by atoms with E-state index in [-0.39, 0.29) is 0 Å². The fourth-order valence-corrected chi connectivity index (χ4v) is 3.50. The van der Waals surface area contributed by atoms with E-state index >= 15 is 0 Å². The SMILES string of the molecule is CCCNC(C(C)C)C1CCC(CCC)CC1. The monoisotopic (exact) mass is 239 g/mol. The van der Waals surface area contributed by atoms with Gasteiger partial charge in [0.25, 0.3) is 0 Å². The van der Waals surface area contributed by atoms with Crippen molar-refractivity contribution in [3.63, 3.8) is 0 Å². The molecule has 0 heterocycles.